The van der Waals surface area contributed by atoms with Gasteiger partial charge in [0, 0.05) is 17.9 Å². The molecule has 1 aliphatic rings. The van der Waals surface area contributed by atoms with Gasteiger partial charge in [-0.3, -0.25) is 4.79 Å². The minimum atomic E-state index is -4.49. The first-order valence-electron chi connectivity index (χ1n) is 7.26. The maximum atomic E-state index is 13.0. The Morgan fingerprint density at radius 1 is 1.39 bits per heavy atom. The molecular weight excluding hydrogens is 329 g/mol. The second-order valence-electron chi connectivity index (χ2n) is 5.26. The highest BCUT2D eigenvalue weighted by Gasteiger charge is 2.37. The first kappa shape index (κ1) is 16.1. The average Bonchev–Trinajstić information content (AvgIpc) is 3.10. The van der Waals surface area contributed by atoms with Crippen molar-refractivity contribution in [2.45, 2.75) is 49.8 Å². The molecule has 0 amide bonds. The van der Waals surface area contributed by atoms with Gasteiger partial charge in [0.05, 0.1) is 17.7 Å². The second kappa shape index (κ2) is 6.03. The summed E-state index contributed by atoms with van der Waals surface area (Å²) in [5, 5.41) is 0.354. The van der Waals surface area contributed by atoms with Crippen LogP contribution in [0.15, 0.2) is 16.3 Å². The number of nitrogens with zero attached hydrogens (tertiary/aromatic N) is 3. The lowest BCUT2D eigenvalue weighted by atomic mass is 10.3. The molecule has 0 atom stereocenters. The molecule has 0 radical (unpaired) electrons. The Balaban J connectivity index is 1.85. The molecule has 3 rings (SSSR count). The Kier molecular flexibility index (Phi) is 4.22. The molecule has 23 heavy (non-hydrogen) atoms. The molecule has 124 valence electrons. The van der Waals surface area contributed by atoms with Crippen molar-refractivity contribution in [2.24, 2.45) is 0 Å². The molecule has 2 aromatic heterocycles. The number of alkyl halides is 3. The summed E-state index contributed by atoms with van der Waals surface area (Å²) in [6, 6.07) is 0. The van der Waals surface area contributed by atoms with Gasteiger partial charge in [0.2, 0.25) is 0 Å². The fourth-order valence-corrected chi connectivity index (χ4v) is 3.61. The number of aromatic amines is 1. The topological polar surface area (TPSA) is 63.6 Å². The van der Waals surface area contributed by atoms with Crippen molar-refractivity contribution in [3.05, 3.63) is 39.3 Å². The molecule has 1 N–H and O–H groups in total. The van der Waals surface area contributed by atoms with Crippen molar-refractivity contribution in [1.82, 2.24) is 19.5 Å². The van der Waals surface area contributed by atoms with Crippen LogP contribution in [0.25, 0.3) is 0 Å². The zero-order chi connectivity index (χ0) is 16.6. The summed E-state index contributed by atoms with van der Waals surface area (Å²) in [5.41, 5.74) is 0.485. The molecule has 1 aliphatic carbocycles. The predicted molar refractivity (Wildman–Crippen MR) is 79.3 cm³/mol. The highest BCUT2D eigenvalue weighted by Crippen LogP contribution is 2.33. The Hall–Kier alpha value is -1.77. The highest BCUT2D eigenvalue weighted by atomic mass is 32.2. The summed E-state index contributed by atoms with van der Waals surface area (Å²) in [6.07, 6.45) is -0.954. The van der Waals surface area contributed by atoms with Crippen molar-refractivity contribution in [3.63, 3.8) is 0 Å². The van der Waals surface area contributed by atoms with Crippen LogP contribution in [-0.4, -0.2) is 19.5 Å². The lowest BCUT2D eigenvalue weighted by molar-refractivity contribution is -0.141. The van der Waals surface area contributed by atoms with Gasteiger partial charge in [-0.25, -0.2) is 9.97 Å². The smallest absolute Gasteiger partial charge is 0.334 e. The molecule has 9 heteroatoms. The van der Waals surface area contributed by atoms with Crippen molar-refractivity contribution >= 4 is 11.8 Å². The number of thioether (sulfide) groups is 1. The van der Waals surface area contributed by atoms with Crippen molar-refractivity contribution in [2.75, 3.05) is 0 Å². The van der Waals surface area contributed by atoms with E-state index >= 15 is 0 Å². The molecular formula is C14H15F3N4OS. The maximum absolute atomic E-state index is 13.0. The minimum Gasteiger partial charge on any atom is -0.334 e. The third kappa shape index (κ3) is 3.15. The number of hydrogen-bond acceptors (Lipinski definition) is 4. The minimum absolute atomic E-state index is 0.0460. The first-order valence-corrected chi connectivity index (χ1v) is 8.24. The van der Waals surface area contributed by atoms with Gasteiger partial charge < -0.3 is 9.55 Å². The fourth-order valence-electron chi connectivity index (χ4n) is 2.69. The van der Waals surface area contributed by atoms with Gasteiger partial charge in [-0.2, -0.15) is 13.2 Å². The van der Waals surface area contributed by atoms with Crippen LogP contribution >= 0.6 is 11.8 Å². The lowest BCUT2D eigenvalue weighted by Gasteiger charge is -2.10. The van der Waals surface area contributed by atoms with E-state index in [1.165, 1.54) is 10.9 Å². The molecule has 0 spiro atoms. The van der Waals surface area contributed by atoms with E-state index < -0.39 is 11.9 Å². The number of H-pyrrole nitrogens is 1. The van der Waals surface area contributed by atoms with Crippen molar-refractivity contribution in [3.8, 4) is 0 Å². The molecule has 0 aromatic carbocycles. The number of fused-ring (bicyclic) bond motifs is 1. The Morgan fingerprint density at radius 3 is 2.87 bits per heavy atom. The van der Waals surface area contributed by atoms with Gasteiger partial charge >= 0.3 is 6.18 Å². The quantitative estimate of drug-likeness (QED) is 0.684. The fraction of sp³-hybridized carbons (Fsp3) is 0.500. The largest absolute Gasteiger partial charge is 0.435 e. The summed E-state index contributed by atoms with van der Waals surface area (Å²) in [7, 11) is 0. The highest BCUT2D eigenvalue weighted by molar-refractivity contribution is 7.98. The van der Waals surface area contributed by atoms with Gasteiger partial charge in [-0.05, 0) is 26.2 Å². The Morgan fingerprint density at radius 2 is 2.17 bits per heavy atom. The molecule has 5 nitrogen and oxygen atoms in total. The van der Waals surface area contributed by atoms with E-state index in [9.17, 15) is 18.0 Å². The monoisotopic (exact) mass is 344 g/mol. The predicted octanol–water partition coefficient (Wildman–Crippen LogP) is 2.79. The third-order valence-corrected chi connectivity index (χ3v) is 4.71. The van der Waals surface area contributed by atoms with Gasteiger partial charge in [0.25, 0.3) is 5.56 Å². The summed E-state index contributed by atoms with van der Waals surface area (Å²) in [4.78, 5) is 22.4. The maximum Gasteiger partial charge on any atom is 0.435 e. The molecule has 0 bridgehead atoms. The van der Waals surface area contributed by atoms with E-state index in [0.717, 1.165) is 30.3 Å². The number of imidazole rings is 1. The van der Waals surface area contributed by atoms with Crippen LogP contribution < -0.4 is 5.56 Å². The summed E-state index contributed by atoms with van der Waals surface area (Å²) < 4.78 is 40.5. The standard InChI is InChI=1S/C14H15F3N4OS/c1-2-21-7-18-11(14(15,16)17)10(21)6-23-13-19-9-5-3-4-8(9)12(22)20-13/h7H,2-6H2,1H3,(H,19,20,22). The molecule has 0 fully saturated rings. The number of rotatable bonds is 4. The SMILES string of the molecule is CCn1cnc(C(F)(F)F)c1CSc1nc2c(c(=O)[nH]1)CCC2. The molecule has 0 unspecified atom stereocenters. The van der Waals surface area contributed by atoms with Crippen LogP contribution in [0.1, 0.15) is 36.0 Å². The van der Waals surface area contributed by atoms with Crippen LogP contribution in [0.2, 0.25) is 0 Å². The number of halogens is 3. The first-order chi connectivity index (χ1) is 10.9. The zero-order valence-electron chi connectivity index (χ0n) is 12.4. The summed E-state index contributed by atoms with van der Waals surface area (Å²) in [6.45, 7) is 2.15. The van der Waals surface area contributed by atoms with Crippen LogP contribution in [0.3, 0.4) is 0 Å². The van der Waals surface area contributed by atoms with Gasteiger partial charge in [-0.15, -0.1) is 0 Å². The van der Waals surface area contributed by atoms with Crippen molar-refractivity contribution < 1.29 is 13.2 Å². The van der Waals surface area contributed by atoms with Gasteiger partial charge in [0.15, 0.2) is 10.9 Å². The van der Waals surface area contributed by atoms with Crippen LogP contribution in [0.4, 0.5) is 13.2 Å². The zero-order valence-corrected chi connectivity index (χ0v) is 13.2. The van der Waals surface area contributed by atoms with Gasteiger partial charge in [-0.1, -0.05) is 11.8 Å². The molecule has 2 aromatic rings. The van der Waals surface area contributed by atoms with Crippen molar-refractivity contribution in [1.29, 1.82) is 0 Å². The number of nitrogens with one attached hydrogen (secondary N) is 1. The second-order valence-corrected chi connectivity index (χ2v) is 6.23. The lowest BCUT2D eigenvalue weighted by Crippen LogP contribution is -2.15. The van der Waals surface area contributed by atoms with Gasteiger partial charge in [0.1, 0.15) is 0 Å². The molecule has 0 aliphatic heterocycles. The van der Waals surface area contributed by atoms with E-state index in [2.05, 4.69) is 15.0 Å². The summed E-state index contributed by atoms with van der Waals surface area (Å²) in [5.74, 6) is 0.0460. The van der Waals surface area contributed by atoms with E-state index in [1.807, 2.05) is 0 Å². The van der Waals surface area contributed by atoms with Crippen LogP contribution in [0, 0.1) is 0 Å². The van der Waals surface area contributed by atoms with E-state index in [0.29, 0.717) is 23.7 Å². The molecule has 0 saturated heterocycles. The van der Waals surface area contributed by atoms with Crippen LogP contribution in [0.5, 0.6) is 0 Å². The number of aryl methyl sites for hydroxylation is 2. The number of hydrogen-bond donors (Lipinski definition) is 1. The van der Waals surface area contributed by atoms with Crippen LogP contribution in [-0.2, 0) is 31.3 Å². The summed E-state index contributed by atoms with van der Waals surface area (Å²) >= 11 is 1.09. The number of aromatic nitrogens is 4. The Bertz CT molecular complexity index is 781. The van der Waals surface area contributed by atoms with E-state index in [4.69, 9.17) is 0 Å². The molecule has 0 saturated carbocycles. The Labute approximate surface area is 134 Å². The van der Waals surface area contributed by atoms with E-state index in [1.54, 1.807) is 6.92 Å². The third-order valence-electron chi connectivity index (χ3n) is 3.82. The van der Waals surface area contributed by atoms with E-state index in [-0.39, 0.29) is 17.0 Å². The average molecular weight is 344 g/mol. The normalized spacial score (nSPS) is 14.3. The molecule has 2 heterocycles.